The van der Waals surface area contributed by atoms with Gasteiger partial charge < -0.3 is 8.92 Å². The molecule has 4 aliphatic rings. The molecule has 0 radical (unpaired) electrons. The van der Waals surface area contributed by atoms with Crippen molar-refractivity contribution in [3.05, 3.63) is 64.2 Å². The number of carbonyl (C=O) groups is 1. The summed E-state index contributed by atoms with van der Waals surface area (Å²) in [6, 6.07) is 10.8. The molecule has 0 atom stereocenters. The van der Waals surface area contributed by atoms with Crippen molar-refractivity contribution >= 4 is 16.1 Å². The van der Waals surface area contributed by atoms with E-state index >= 15 is 0 Å². The van der Waals surface area contributed by atoms with Gasteiger partial charge in [-0.05, 0) is 47.9 Å². The van der Waals surface area contributed by atoms with Crippen LogP contribution in [-0.2, 0) is 40.5 Å². The van der Waals surface area contributed by atoms with Crippen LogP contribution in [0.3, 0.4) is 0 Å². The molecule has 4 aliphatic carbocycles. The van der Waals surface area contributed by atoms with Crippen molar-refractivity contribution in [2.75, 3.05) is 7.11 Å². The second kappa shape index (κ2) is 7.46. The second-order valence-corrected chi connectivity index (χ2v) is 7.92. The number of alkyl halides is 3. The lowest BCUT2D eigenvalue weighted by molar-refractivity contribution is -0.0500. The molecule has 0 spiro atoms. The van der Waals surface area contributed by atoms with Gasteiger partial charge in [0.25, 0.3) is 0 Å². The van der Waals surface area contributed by atoms with E-state index in [4.69, 9.17) is 4.74 Å². The highest BCUT2D eigenvalue weighted by atomic mass is 32.2. The first kappa shape index (κ1) is 20.2. The van der Waals surface area contributed by atoms with E-state index in [1.807, 2.05) is 24.3 Å². The highest BCUT2D eigenvalue weighted by Crippen LogP contribution is 2.35. The molecule has 0 aromatic heterocycles. The molecule has 5 nitrogen and oxygen atoms in total. The molecule has 0 amide bonds. The molecule has 0 saturated carbocycles. The van der Waals surface area contributed by atoms with Crippen molar-refractivity contribution in [2.24, 2.45) is 0 Å². The molecule has 9 heteroatoms. The largest absolute Gasteiger partial charge is 0.534 e. The predicted molar refractivity (Wildman–Crippen MR) is 94.6 cm³/mol. The quantitative estimate of drug-likeness (QED) is 0.436. The Bertz CT molecular complexity index is 995. The first-order chi connectivity index (χ1) is 13.1. The van der Waals surface area contributed by atoms with Gasteiger partial charge in [0, 0.05) is 0 Å². The molecule has 0 unspecified atom stereocenters. The van der Waals surface area contributed by atoms with E-state index < -0.39 is 27.3 Å². The number of rotatable bonds is 3. The van der Waals surface area contributed by atoms with Crippen LogP contribution in [0.15, 0.2) is 36.4 Å². The highest BCUT2D eigenvalue weighted by molar-refractivity contribution is 7.88. The van der Waals surface area contributed by atoms with Gasteiger partial charge in [-0.25, -0.2) is 4.79 Å². The number of carbonyl (C=O) groups excluding carboxylic acids is 1. The van der Waals surface area contributed by atoms with Crippen molar-refractivity contribution in [3.8, 4) is 5.75 Å². The summed E-state index contributed by atoms with van der Waals surface area (Å²) in [5.41, 5.74) is -3.46. The summed E-state index contributed by atoms with van der Waals surface area (Å²) in [5, 5.41) is 0. The molecular formula is C19H17F3O5S. The van der Waals surface area contributed by atoms with E-state index in [1.54, 1.807) is 6.07 Å². The van der Waals surface area contributed by atoms with Crippen LogP contribution >= 0.6 is 0 Å². The molecule has 150 valence electrons. The molecule has 0 N–H and O–H groups in total. The standard InChI is InChI=1S/C19H17F3O5S/c1-26-18(23)16-14-8-6-12-2-4-13(5-3-12)7-9-15(11-10-14)17(16)27-28(24,25)19(20,21)22/h2-5,10-11H,6-9H2,1H3. The fourth-order valence-electron chi connectivity index (χ4n) is 3.08. The average Bonchev–Trinajstić information content (AvgIpc) is 2.62. The van der Waals surface area contributed by atoms with Gasteiger partial charge in [0.05, 0.1) is 7.11 Å². The number of benzene rings is 2. The average molecular weight is 414 g/mol. The molecule has 0 fully saturated rings. The fourth-order valence-corrected chi connectivity index (χ4v) is 3.58. The van der Waals surface area contributed by atoms with E-state index in [2.05, 4.69) is 4.18 Å². The summed E-state index contributed by atoms with van der Waals surface area (Å²) in [6.45, 7) is 0. The number of esters is 1. The summed E-state index contributed by atoms with van der Waals surface area (Å²) in [4.78, 5) is 12.3. The maximum Gasteiger partial charge on any atom is 0.534 e. The molecular weight excluding hydrogens is 397 g/mol. The number of halogens is 3. The van der Waals surface area contributed by atoms with Crippen LogP contribution in [0, 0.1) is 0 Å². The first-order valence-electron chi connectivity index (χ1n) is 8.44. The SMILES string of the molecule is COC(=O)c1c2ccc(c1OS(=O)(=O)C(F)(F)F)CCc1ccc(cc1)CC2. The predicted octanol–water partition coefficient (Wildman–Crippen LogP) is 3.59. The normalized spacial score (nSPS) is 14.3. The third-order valence-electron chi connectivity index (χ3n) is 4.58. The van der Waals surface area contributed by atoms with Gasteiger partial charge in [0.1, 0.15) is 5.56 Å². The highest BCUT2D eigenvalue weighted by Gasteiger charge is 2.49. The van der Waals surface area contributed by atoms with Crippen LogP contribution in [0.5, 0.6) is 5.75 Å². The van der Waals surface area contributed by atoms with E-state index in [0.717, 1.165) is 18.2 Å². The third-order valence-corrected chi connectivity index (χ3v) is 5.53. The van der Waals surface area contributed by atoms with Crippen molar-refractivity contribution in [1.29, 1.82) is 0 Å². The number of aryl methyl sites for hydroxylation is 4. The number of hydrogen-bond acceptors (Lipinski definition) is 5. The first-order valence-corrected chi connectivity index (χ1v) is 9.85. The molecule has 0 saturated heterocycles. The van der Waals surface area contributed by atoms with E-state index in [9.17, 15) is 26.4 Å². The van der Waals surface area contributed by atoms with Crippen molar-refractivity contribution < 1.29 is 35.3 Å². The number of methoxy groups -OCH3 is 1. The van der Waals surface area contributed by atoms with Gasteiger partial charge in [-0.2, -0.15) is 21.6 Å². The van der Waals surface area contributed by atoms with Crippen LogP contribution in [0.25, 0.3) is 0 Å². The maximum atomic E-state index is 12.9. The van der Waals surface area contributed by atoms with Gasteiger partial charge in [-0.3, -0.25) is 0 Å². The molecule has 0 heterocycles. The zero-order valence-corrected chi connectivity index (χ0v) is 15.7. The van der Waals surface area contributed by atoms with Crippen molar-refractivity contribution in [1.82, 2.24) is 0 Å². The Morgan fingerprint density at radius 1 is 0.893 bits per heavy atom. The Balaban J connectivity index is 2.17. The zero-order valence-electron chi connectivity index (χ0n) is 14.9. The number of ether oxygens (including phenoxy) is 1. The topological polar surface area (TPSA) is 69.7 Å². The Kier molecular flexibility index (Phi) is 5.38. The summed E-state index contributed by atoms with van der Waals surface area (Å²) in [7, 11) is -4.87. The van der Waals surface area contributed by atoms with Crippen LogP contribution in [-0.4, -0.2) is 27.0 Å². The summed E-state index contributed by atoms with van der Waals surface area (Å²) in [6.07, 6.45) is 1.43. The monoisotopic (exact) mass is 414 g/mol. The van der Waals surface area contributed by atoms with E-state index in [0.29, 0.717) is 24.8 Å². The Labute approximate surface area is 160 Å². The van der Waals surface area contributed by atoms with Gasteiger partial charge >= 0.3 is 21.6 Å². The minimum atomic E-state index is -5.94. The Hall–Kier alpha value is -2.55. The summed E-state index contributed by atoms with van der Waals surface area (Å²) in [5.74, 6) is -1.56. The molecule has 0 aliphatic heterocycles. The second-order valence-electron chi connectivity index (χ2n) is 6.38. The van der Waals surface area contributed by atoms with Gasteiger partial charge in [0.15, 0.2) is 5.75 Å². The molecule has 2 aromatic carbocycles. The van der Waals surface area contributed by atoms with Crippen LogP contribution in [0.1, 0.15) is 32.6 Å². The molecule has 28 heavy (non-hydrogen) atoms. The van der Waals surface area contributed by atoms with Crippen LogP contribution in [0.4, 0.5) is 13.2 Å². The summed E-state index contributed by atoms with van der Waals surface area (Å²) < 4.78 is 71.1. The molecule has 6 rings (SSSR count). The molecule has 4 bridgehead atoms. The summed E-state index contributed by atoms with van der Waals surface area (Å²) >= 11 is 0. The van der Waals surface area contributed by atoms with Gasteiger partial charge in [0.2, 0.25) is 0 Å². The van der Waals surface area contributed by atoms with E-state index in [1.165, 1.54) is 6.07 Å². The lowest BCUT2D eigenvalue weighted by Gasteiger charge is -2.19. The maximum absolute atomic E-state index is 12.9. The minimum absolute atomic E-state index is 0.182. The van der Waals surface area contributed by atoms with Crippen LogP contribution < -0.4 is 4.18 Å². The van der Waals surface area contributed by atoms with E-state index in [-0.39, 0.29) is 17.5 Å². The zero-order chi connectivity index (χ0) is 20.5. The third kappa shape index (κ3) is 3.99. The Morgan fingerprint density at radius 3 is 1.89 bits per heavy atom. The number of hydrogen-bond donors (Lipinski definition) is 0. The minimum Gasteiger partial charge on any atom is -0.465 e. The van der Waals surface area contributed by atoms with Crippen molar-refractivity contribution in [2.45, 2.75) is 31.2 Å². The van der Waals surface area contributed by atoms with Gasteiger partial charge in [-0.15, -0.1) is 0 Å². The van der Waals surface area contributed by atoms with Gasteiger partial charge in [-0.1, -0.05) is 36.4 Å². The van der Waals surface area contributed by atoms with Crippen LogP contribution in [0.2, 0.25) is 0 Å². The lowest BCUT2D eigenvalue weighted by atomic mass is 9.92. The van der Waals surface area contributed by atoms with Crippen molar-refractivity contribution in [3.63, 3.8) is 0 Å². The fraction of sp³-hybridized carbons (Fsp3) is 0.316. The Morgan fingerprint density at radius 2 is 1.39 bits per heavy atom. The smallest absolute Gasteiger partial charge is 0.465 e. The lowest BCUT2D eigenvalue weighted by Crippen LogP contribution is -2.29. The molecule has 2 aromatic rings.